The Morgan fingerprint density at radius 3 is 2.74 bits per heavy atom. The third-order valence-electron chi connectivity index (χ3n) is 2.86. The average molecular weight is 258 g/mol. The second-order valence-electron chi connectivity index (χ2n) is 4.74. The van der Waals surface area contributed by atoms with E-state index >= 15 is 0 Å². The van der Waals surface area contributed by atoms with Crippen molar-refractivity contribution >= 4 is 5.82 Å². The second kappa shape index (κ2) is 5.65. The number of rotatable bonds is 4. The summed E-state index contributed by atoms with van der Waals surface area (Å²) in [6.45, 7) is 6.42. The highest BCUT2D eigenvalue weighted by atomic mass is 16.1. The average Bonchev–Trinajstić information content (AvgIpc) is 2.39. The number of aromatic nitrogens is 3. The van der Waals surface area contributed by atoms with Gasteiger partial charge in [0.25, 0.3) is 5.56 Å². The molecule has 0 aliphatic heterocycles. The van der Waals surface area contributed by atoms with E-state index in [9.17, 15) is 4.79 Å². The molecule has 0 aliphatic carbocycles. The van der Waals surface area contributed by atoms with Crippen LogP contribution in [-0.2, 0) is 6.54 Å². The zero-order chi connectivity index (χ0) is 13.8. The molecule has 5 nitrogen and oxygen atoms in total. The minimum absolute atomic E-state index is 0.0995. The van der Waals surface area contributed by atoms with Crippen molar-refractivity contribution in [2.24, 2.45) is 0 Å². The van der Waals surface area contributed by atoms with Crippen LogP contribution in [0.5, 0.6) is 0 Å². The van der Waals surface area contributed by atoms with Crippen molar-refractivity contribution in [3.63, 3.8) is 0 Å². The molecular weight excluding hydrogens is 240 g/mol. The fraction of sp³-hybridized carbons (Fsp3) is 0.357. The van der Waals surface area contributed by atoms with Gasteiger partial charge in [0.1, 0.15) is 0 Å². The molecule has 2 heterocycles. The Balaban J connectivity index is 2.14. The van der Waals surface area contributed by atoms with E-state index in [0.29, 0.717) is 12.4 Å². The molecule has 1 N–H and O–H groups in total. The Morgan fingerprint density at radius 2 is 2.11 bits per heavy atom. The Kier molecular flexibility index (Phi) is 3.94. The smallest absolute Gasteiger partial charge is 0.293 e. The molecule has 2 rings (SSSR count). The molecule has 0 amide bonds. The first-order valence-electron chi connectivity index (χ1n) is 6.30. The predicted octanol–water partition coefficient (Wildman–Crippen LogP) is 2.14. The van der Waals surface area contributed by atoms with Gasteiger partial charge < -0.3 is 9.88 Å². The topological polar surface area (TPSA) is 59.8 Å². The molecule has 19 heavy (non-hydrogen) atoms. The van der Waals surface area contributed by atoms with E-state index in [-0.39, 0.29) is 11.6 Å². The fourth-order valence-corrected chi connectivity index (χ4v) is 1.74. The molecular formula is C14H18N4O. The minimum atomic E-state index is -0.0995. The molecule has 0 radical (unpaired) electrons. The highest BCUT2D eigenvalue weighted by Crippen LogP contribution is 2.04. The van der Waals surface area contributed by atoms with Crippen LogP contribution >= 0.6 is 0 Å². The van der Waals surface area contributed by atoms with E-state index in [0.717, 1.165) is 11.3 Å². The van der Waals surface area contributed by atoms with Crippen molar-refractivity contribution in [1.82, 2.24) is 14.5 Å². The van der Waals surface area contributed by atoms with Crippen LogP contribution in [0.4, 0.5) is 5.82 Å². The third-order valence-corrected chi connectivity index (χ3v) is 2.86. The Hall–Kier alpha value is -2.17. The van der Waals surface area contributed by atoms with Gasteiger partial charge >= 0.3 is 0 Å². The summed E-state index contributed by atoms with van der Waals surface area (Å²) >= 11 is 0. The standard InChI is InChI=1S/C14H18N4O/c1-10(2)18-7-6-15-13(14(18)19)17-9-12-5-4-11(3)16-8-12/h4-8,10H,9H2,1-3H3,(H,15,17). The largest absolute Gasteiger partial charge is 0.361 e. The summed E-state index contributed by atoms with van der Waals surface area (Å²) in [5, 5.41) is 3.06. The van der Waals surface area contributed by atoms with E-state index < -0.39 is 0 Å². The lowest BCUT2D eigenvalue weighted by atomic mass is 10.2. The van der Waals surface area contributed by atoms with Gasteiger partial charge in [0.15, 0.2) is 5.82 Å². The molecule has 0 bridgehead atoms. The van der Waals surface area contributed by atoms with Gasteiger partial charge in [-0.2, -0.15) is 0 Å². The van der Waals surface area contributed by atoms with Crippen molar-refractivity contribution < 1.29 is 0 Å². The van der Waals surface area contributed by atoms with Gasteiger partial charge in [0.2, 0.25) is 0 Å². The van der Waals surface area contributed by atoms with E-state index in [1.165, 1.54) is 0 Å². The van der Waals surface area contributed by atoms with Crippen LogP contribution in [0.2, 0.25) is 0 Å². The lowest BCUT2D eigenvalue weighted by Crippen LogP contribution is -2.25. The highest BCUT2D eigenvalue weighted by molar-refractivity contribution is 5.32. The van der Waals surface area contributed by atoms with E-state index in [2.05, 4.69) is 15.3 Å². The maximum atomic E-state index is 12.1. The van der Waals surface area contributed by atoms with Gasteiger partial charge in [-0.25, -0.2) is 4.98 Å². The molecule has 0 unspecified atom stereocenters. The number of anilines is 1. The first kappa shape index (κ1) is 13.3. The van der Waals surface area contributed by atoms with Crippen molar-refractivity contribution in [1.29, 1.82) is 0 Å². The predicted molar refractivity (Wildman–Crippen MR) is 75.2 cm³/mol. The zero-order valence-electron chi connectivity index (χ0n) is 11.4. The lowest BCUT2D eigenvalue weighted by molar-refractivity contribution is 0.575. The number of hydrogen-bond acceptors (Lipinski definition) is 4. The van der Waals surface area contributed by atoms with Gasteiger partial charge in [-0.1, -0.05) is 6.07 Å². The van der Waals surface area contributed by atoms with Crippen molar-refractivity contribution in [3.8, 4) is 0 Å². The molecule has 0 fully saturated rings. The number of aryl methyl sites for hydroxylation is 1. The van der Waals surface area contributed by atoms with Gasteiger partial charge in [-0.3, -0.25) is 9.78 Å². The van der Waals surface area contributed by atoms with Crippen LogP contribution in [0.15, 0.2) is 35.5 Å². The molecule has 100 valence electrons. The van der Waals surface area contributed by atoms with Crippen LogP contribution in [-0.4, -0.2) is 14.5 Å². The first-order valence-corrected chi connectivity index (χ1v) is 6.30. The molecule has 2 aromatic rings. The van der Waals surface area contributed by atoms with Crippen molar-refractivity contribution in [3.05, 3.63) is 52.3 Å². The van der Waals surface area contributed by atoms with E-state index in [1.807, 2.05) is 32.9 Å². The summed E-state index contributed by atoms with van der Waals surface area (Å²) in [6, 6.07) is 4.05. The highest BCUT2D eigenvalue weighted by Gasteiger charge is 2.06. The van der Waals surface area contributed by atoms with Crippen LogP contribution in [0, 0.1) is 6.92 Å². The monoisotopic (exact) mass is 258 g/mol. The molecule has 5 heteroatoms. The van der Waals surface area contributed by atoms with Crippen LogP contribution in [0.1, 0.15) is 31.1 Å². The number of nitrogens with one attached hydrogen (secondary N) is 1. The summed E-state index contributed by atoms with van der Waals surface area (Å²) in [5.74, 6) is 0.372. The molecule has 0 aliphatic rings. The van der Waals surface area contributed by atoms with Gasteiger partial charge in [0.05, 0.1) is 0 Å². The zero-order valence-corrected chi connectivity index (χ0v) is 11.4. The van der Waals surface area contributed by atoms with Gasteiger partial charge in [0, 0.05) is 36.9 Å². The Bertz CT molecular complexity index is 602. The quantitative estimate of drug-likeness (QED) is 0.912. The minimum Gasteiger partial charge on any atom is -0.361 e. The molecule has 0 spiro atoms. The maximum Gasteiger partial charge on any atom is 0.293 e. The summed E-state index contributed by atoms with van der Waals surface area (Å²) in [7, 11) is 0. The number of hydrogen-bond donors (Lipinski definition) is 1. The first-order chi connectivity index (χ1) is 9.08. The molecule has 0 atom stereocenters. The van der Waals surface area contributed by atoms with Crippen LogP contribution in [0.25, 0.3) is 0 Å². The fourth-order valence-electron chi connectivity index (χ4n) is 1.74. The number of pyridine rings is 1. The van der Waals surface area contributed by atoms with Crippen molar-refractivity contribution in [2.45, 2.75) is 33.4 Å². The van der Waals surface area contributed by atoms with Crippen LogP contribution in [0.3, 0.4) is 0 Å². The summed E-state index contributed by atoms with van der Waals surface area (Å²) in [6.07, 6.45) is 5.13. The Labute approximate surface area is 112 Å². The molecule has 0 saturated heterocycles. The van der Waals surface area contributed by atoms with E-state index in [1.54, 1.807) is 23.2 Å². The number of nitrogens with zero attached hydrogens (tertiary/aromatic N) is 3. The summed E-state index contributed by atoms with van der Waals surface area (Å²) < 4.78 is 1.66. The van der Waals surface area contributed by atoms with Crippen LogP contribution < -0.4 is 10.9 Å². The second-order valence-corrected chi connectivity index (χ2v) is 4.74. The SMILES string of the molecule is Cc1ccc(CNc2nccn(C(C)C)c2=O)cn1. The normalized spacial score (nSPS) is 10.7. The third kappa shape index (κ3) is 3.19. The Morgan fingerprint density at radius 1 is 1.32 bits per heavy atom. The lowest BCUT2D eigenvalue weighted by Gasteiger charge is -2.11. The molecule has 2 aromatic heterocycles. The molecule has 0 saturated carbocycles. The van der Waals surface area contributed by atoms with Crippen molar-refractivity contribution in [2.75, 3.05) is 5.32 Å². The summed E-state index contributed by atoms with van der Waals surface area (Å²) in [5.41, 5.74) is 1.90. The maximum absolute atomic E-state index is 12.1. The van der Waals surface area contributed by atoms with Gasteiger partial charge in [-0.05, 0) is 32.4 Å². The van der Waals surface area contributed by atoms with E-state index in [4.69, 9.17) is 0 Å². The van der Waals surface area contributed by atoms with Gasteiger partial charge in [-0.15, -0.1) is 0 Å². The molecule has 0 aromatic carbocycles. The summed E-state index contributed by atoms with van der Waals surface area (Å²) in [4.78, 5) is 20.4.